The molecular formula is C17H22N2O. The van der Waals surface area contributed by atoms with Gasteiger partial charge in [0.1, 0.15) is 0 Å². The summed E-state index contributed by atoms with van der Waals surface area (Å²) in [6, 6.07) is 8.89. The normalized spacial score (nSPS) is 14.8. The first-order valence-electron chi connectivity index (χ1n) is 7.65. The number of nitrogens with one attached hydrogen (secondary N) is 1. The van der Waals surface area contributed by atoms with Gasteiger partial charge in [0.15, 0.2) is 0 Å². The van der Waals surface area contributed by atoms with E-state index in [0.717, 1.165) is 24.9 Å². The summed E-state index contributed by atoms with van der Waals surface area (Å²) in [7, 11) is 0. The number of carbonyl (C=O) groups excluding carboxylic acids is 1. The summed E-state index contributed by atoms with van der Waals surface area (Å²) < 4.78 is 1.84. The predicted molar refractivity (Wildman–Crippen MR) is 82.0 cm³/mol. The van der Waals surface area contributed by atoms with Gasteiger partial charge in [-0.05, 0) is 30.9 Å². The largest absolute Gasteiger partial charge is 0.310 e. The summed E-state index contributed by atoms with van der Waals surface area (Å²) in [4.78, 5) is 12.3. The second kappa shape index (κ2) is 5.80. The lowest BCUT2D eigenvalue weighted by Crippen LogP contribution is -2.15. The standard InChI is InChI=1S/C17H22N2O/c1-2-3-8-17(20)19-12-13(11-18-14-9-10-14)15-6-4-5-7-16(15)19/h4-7,12,14,18H,2-3,8-11H2,1H3. The molecule has 3 nitrogen and oxygen atoms in total. The highest BCUT2D eigenvalue weighted by Crippen LogP contribution is 2.24. The fraction of sp³-hybridized carbons (Fsp3) is 0.471. The zero-order chi connectivity index (χ0) is 13.9. The molecule has 2 aromatic rings. The Hall–Kier alpha value is -1.61. The second-order valence-electron chi connectivity index (χ2n) is 5.69. The SMILES string of the molecule is CCCCC(=O)n1cc(CNC2CC2)c2ccccc21. The van der Waals surface area contributed by atoms with Gasteiger partial charge in [-0.2, -0.15) is 0 Å². The highest BCUT2D eigenvalue weighted by molar-refractivity contribution is 5.94. The minimum absolute atomic E-state index is 0.209. The number of nitrogens with zero attached hydrogens (tertiary/aromatic N) is 1. The zero-order valence-corrected chi connectivity index (χ0v) is 12.1. The molecule has 1 aliphatic carbocycles. The van der Waals surface area contributed by atoms with Crippen LogP contribution in [-0.4, -0.2) is 16.5 Å². The van der Waals surface area contributed by atoms with Crippen LogP contribution in [0.2, 0.25) is 0 Å². The molecule has 0 saturated heterocycles. The summed E-state index contributed by atoms with van der Waals surface area (Å²) in [6.45, 7) is 2.98. The smallest absolute Gasteiger partial charge is 0.231 e. The highest BCUT2D eigenvalue weighted by Gasteiger charge is 2.21. The molecule has 0 spiro atoms. The molecule has 0 aliphatic heterocycles. The Morgan fingerprint density at radius 2 is 2.15 bits per heavy atom. The number of benzene rings is 1. The average molecular weight is 270 g/mol. The van der Waals surface area contributed by atoms with Crippen LogP contribution in [0.1, 0.15) is 49.4 Å². The van der Waals surface area contributed by atoms with Gasteiger partial charge in [-0.25, -0.2) is 0 Å². The van der Waals surface area contributed by atoms with E-state index in [1.807, 2.05) is 29.0 Å². The molecule has 0 bridgehead atoms. The van der Waals surface area contributed by atoms with E-state index in [4.69, 9.17) is 0 Å². The van der Waals surface area contributed by atoms with Crippen LogP contribution in [0.25, 0.3) is 10.9 Å². The Balaban J connectivity index is 1.88. The Morgan fingerprint density at radius 1 is 1.35 bits per heavy atom. The monoisotopic (exact) mass is 270 g/mol. The van der Waals surface area contributed by atoms with E-state index in [9.17, 15) is 4.79 Å². The van der Waals surface area contributed by atoms with E-state index in [2.05, 4.69) is 18.3 Å². The van der Waals surface area contributed by atoms with Gasteiger partial charge in [0.25, 0.3) is 0 Å². The van der Waals surface area contributed by atoms with Crippen molar-refractivity contribution in [1.82, 2.24) is 9.88 Å². The van der Waals surface area contributed by atoms with Crippen LogP contribution in [0, 0.1) is 0 Å². The number of unbranched alkanes of at least 4 members (excludes halogenated alkanes) is 1. The van der Waals surface area contributed by atoms with Gasteiger partial charge in [0.05, 0.1) is 5.52 Å². The summed E-state index contributed by atoms with van der Waals surface area (Å²) in [5, 5.41) is 4.74. The van der Waals surface area contributed by atoms with Crippen LogP contribution < -0.4 is 5.32 Å². The predicted octanol–water partition coefficient (Wildman–Crippen LogP) is 3.72. The number of aromatic nitrogens is 1. The average Bonchev–Trinajstić information content (AvgIpc) is 3.23. The Kier molecular flexibility index (Phi) is 3.88. The fourth-order valence-electron chi connectivity index (χ4n) is 2.59. The van der Waals surface area contributed by atoms with Crippen LogP contribution in [0.3, 0.4) is 0 Å². The molecule has 1 aromatic carbocycles. The summed E-state index contributed by atoms with van der Waals surface area (Å²) in [5.74, 6) is 0.209. The maximum absolute atomic E-state index is 12.3. The van der Waals surface area contributed by atoms with Crippen LogP contribution in [-0.2, 0) is 6.54 Å². The van der Waals surface area contributed by atoms with Gasteiger partial charge in [0.2, 0.25) is 5.91 Å². The number of hydrogen-bond acceptors (Lipinski definition) is 2. The van der Waals surface area contributed by atoms with Gasteiger partial charge in [-0.15, -0.1) is 0 Å². The molecule has 1 aromatic heterocycles. The van der Waals surface area contributed by atoms with Crippen molar-refractivity contribution in [3.05, 3.63) is 36.0 Å². The molecule has 0 atom stereocenters. The molecule has 106 valence electrons. The first-order chi connectivity index (χ1) is 9.79. The molecule has 0 unspecified atom stereocenters. The maximum atomic E-state index is 12.3. The van der Waals surface area contributed by atoms with Crippen LogP contribution in [0.15, 0.2) is 30.5 Å². The van der Waals surface area contributed by atoms with Crippen LogP contribution >= 0.6 is 0 Å². The van der Waals surface area contributed by atoms with Crippen molar-refractivity contribution in [1.29, 1.82) is 0 Å². The molecule has 20 heavy (non-hydrogen) atoms. The van der Waals surface area contributed by atoms with Gasteiger partial charge < -0.3 is 5.32 Å². The Labute approximate surface area is 120 Å². The lowest BCUT2D eigenvalue weighted by atomic mass is 10.2. The van der Waals surface area contributed by atoms with Crippen LogP contribution in [0.5, 0.6) is 0 Å². The number of carbonyl (C=O) groups is 1. The summed E-state index contributed by atoms with van der Waals surface area (Å²) in [5.41, 5.74) is 2.28. The lowest BCUT2D eigenvalue weighted by molar-refractivity contribution is 0.0905. The second-order valence-corrected chi connectivity index (χ2v) is 5.69. The van der Waals surface area contributed by atoms with Crippen molar-refractivity contribution in [3.63, 3.8) is 0 Å². The van der Waals surface area contributed by atoms with Gasteiger partial charge in [0, 0.05) is 30.6 Å². The van der Waals surface area contributed by atoms with Crippen LogP contribution in [0.4, 0.5) is 0 Å². The first kappa shape index (κ1) is 13.4. The lowest BCUT2D eigenvalue weighted by Gasteiger charge is -2.02. The van der Waals surface area contributed by atoms with E-state index in [1.165, 1.54) is 23.8 Å². The number of hydrogen-bond donors (Lipinski definition) is 1. The van der Waals surface area contributed by atoms with E-state index >= 15 is 0 Å². The third-order valence-electron chi connectivity index (χ3n) is 3.97. The Morgan fingerprint density at radius 3 is 2.90 bits per heavy atom. The van der Waals surface area contributed by atoms with E-state index in [0.29, 0.717) is 12.5 Å². The molecule has 1 aliphatic rings. The fourth-order valence-corrected chi connectivity index (χ4v) is 2.59. The summed E-state index contributed by atoms with van der Waals surface area (Å²) >= 11 is 0. The highest BCUT2D eigenvalue weighted by atomic mass is 16.2. The Bertz CT molecular complexity index is 610. The van der Waals surface area contributed by atoms with E-state index in [-0.39, 0.29) is 5.91 Å². The zero-order valence-electron chi connectivity index (χ0n) is 12.1. The number of fused-ring (bicyclic) bond motifs is 1. The van der Waals surface area contributed by atoms with Gasteiger partial charge in [-0.1, -0.05) is 31.5 Å². The van der Waals surface area contributed by atoms with Crippen molar-refractivity contribution in [3.8, 4) is 0 Å². The molecule has 1 saturated carbocycles. The molecule has 3 rings (SSSR count). The minimum Gasteiger partial charge on any atom is -0.310 e. The molecule has 3 heteroatoms. The maximum Gasteiger partial charge on any atom is 0.231 e. The third kappa shape index (κ3) is 2.78. The van der Waals surface area contributed by atoms with Gasteiger partial charge in [-0.3, -0.25) is 9.36 Å². The topological polar surface area (TPSA) is 34.0 Å². The number of para-hydroxylation sites is 1. The molecular weight excluding hydrogens is 248 g/mol. The third-order valence-corrected chi connectivity index (χ3v) is 3.97. The first-order valence-corrected chi connectivity index (χ1v) is 7.65. The van der Waals surface area contributed by atoms with Crippen molar-refractivity contribution in [2.45, 2.75) is 51.6 Å². The van der Waals surface area contributed by atoms with Gasteiger partial charge >= 0.3 is 0 Å². The molecule has 1 fully saturated rings. The van der Waals surface area contributed by atoms with Crippen molar-refractivity contribution in [2.75, 3.05) is 0 Å². The number of rotatable bonds is 6. The summed E-state index contributed by atoms with van der Waals surface area (Å²) in [6.07, 6.45) is 7.24. The quantitative estimate of drug-likeness (QED) is 0.868. The van der Waals surface area contributed by atoms with Crippen molar-refractivity contribution >= 4 is 16.8 Å². The minimum atomic E-state index is 0.209. The van der Waals surface area contributed by atoms with E-state index < -0.39 is 0 Å². The molecule has 1 heterocycles. The molecule has 0 amide bonds. The van der Waals surface area contributed by atoms with Crippen molar-refractivity contribution < 1.29 is 4.79 Å². The van der Waals surface area contributed by atoms with E-state index in [1.54, 1.807) is 0 Å². The molecule has 0 radical (unpaired) electrons. The van der Waals surface area contributed by atoms with Crippen molar-refractivity contribution in [2.24, 2.45) is 0 Å². The molecule has 1 N–H and O–H groups in total.